The third kappa shape index (κ3) is 10.6. The second kappa shape index (κ2) is 19.4. The van der Waals surface area contributed by atoms with Crippen molar-refractivity contribution in [2.24, 2.45) is 0 Å². The van der Waals surface area contributed by atoms with Gasteiger partial charge in [-0.25, -0.2) is 0 Å². The zero-order valence-electron chi connectivity index (χ0n) is 22.3. The predicted molar refractivity (Wildman–Crippen MR) is 146 cm³/mol. The molecule has 1 aromatic rings. The van der Waals surface area contributed by atoms with Gasteiger partial charge < -0.3 is 15.3 Å². The molecule has 4 heteroatoms. The van der Waals surface area contributed by atoms with Crippen LogP contribution in [0.5, 0.6) is 0 Å². The maximum atomic E-state index is 8.86. The lowest BCUT2D eigenvalue weighted by Crippen LogP contribution is -2.48. The summed E-state index contributed by atoms with van der Waals surface area (Å²) in [6.45, 7) is 22.7. The summed E-state index contributed by atoms with van der Waals surface area (Å²) in [5, 5.41) is 16.2. The van der Waals surface area contributed by atoms with Crippen LogP contribution in [0.2, 0.25) is 0 Å². The van der Waals surface area contributed by atoms with E-state index in [4.69, 9.17) is 5.11 Å². The highest BCUT2D eigenvalue weighted by Gasteiger charge is 2.34. The Morgan fingerprint density at radius 1 is 0.909 bits per heavy atom. The fraction of sp³-hybridized carbons (Fsp3) is 0.586. The van der Waals surface area contributed by atoms with Crippen molar-refractivity contribution in [2.45, 2.75) is 99.3 Å². The SMILES string of the molecule is C=C1CC(=C)C2=C(C1)NC(NCCCCCCCO)N2Cc1ccccc1.CC.CC.CC. The number of aliphatic hydroxyl groups is 1. The van der Waals surface area contributed by atoms with Crippen molar-refractivity contribution in [3.8, 4) is 0 Å². The van der Waals surface area contributed by atoms with Crippen LogP contribution < -0.4 is 10.6 Å². The van der Waals surface area contributed by atoms with Gasteiger partial charge in [-0.1, -0.05) is 110 Å². The Labute approximate surface area is 204 Å². The fourth-order valence-corrected chi connectivity index (χ4v) is 3.98. The van der Waals surface area contributed by atoms with Gasteiger partial charge in [0.15, 0.2) is 6.29 Å². The standard InChI is InChI=1S/C23H33N3O.3C2H6/c1-18-15-19(2)22-21(16-18)25-23(24-13-9-4-3-5-10-14-27)26(22)17-20-11-7-6-8-12-20;3*1-2/h6-8,11-12,23-25,27H,1-5,9-10,13-17H2;3*1-2H3. The minimum atomic E-state index is 0.107. The maximum absolute atomic E-state index is 8.86. The summed E-state index contributed by atoms with van der Waals surface area (Å²) in [7, 11) is 0. The van der Waals surface area contributed by atoms with Gasteiger partial charge in [0, 0.05) is 25.3 Å². The Balaban J connectivity index is 0.00000158. The summed E-state index contributed by atoms with van der Waals surface area (Å²) in [5.74, 6) is 0. The first-order chi connectivity index (χ1) is 16.2. The molecule has 4 nitrogen and oxygen atoms in total. The van der Waals surface area contributed by atoms with Crippen LogP contribution in [0.3, 0.4) is 0 Å². The Kier molecular flexibility index (Phi) is 18.2. The van der Waals surface area contributed by atoms with Crippen molar-refractivity contribution in [3.05, 3.63) is 71.6 Å². The van der Waals surface area contributed by atoms with Gasteiger partial charge in [0.2, 0.25) is 0 Å². The van der Waals surface area contributed by atoms with Gasteiger partial charge in [-0.05, 0) is 36.9 Å². The molecule has 0 fully saturated rings. The first kappa shape index (κ1) is 31.0. The van der Waals surface area contributed by atoms with Gasteiger partial charge in [-0.2, -0.15) is 0 Å². The zero-order chi connectivity index (χ0) is 25.1. The second-order valence-electron chi connectivity index (χ2n) is 7.64. The first-order valence-corrected chi connectivity index (χ1v) is 13.2. The number of hydrogen-bond acceptors (Lipinski definition) is 4. The van der Waals surface area contributed by atoms with Crippen molar-refractivity contribution in [3.63, 3.8) is 0 Å². The van der Waals surface area contributed by atoms with Gasteiger partial charge in [-0.15, -0.1) is 0 Å². The monoisotopic (exact) mass is 457 g/mol. The molecule has 0 amide bonds. The number of nitrogens with zero attached hydrogens (tertiary/aromatic N) is 1. The lowest BCUT2D eigenvalue weighted by atomic mass is 9.93. The molecule has 0 radical (unpaired) electrons. The van der Waals surface area contributed by atoms with Gasteiger partial charge >= 0.3 is 0 Å². The summed E-state index contributed by atoms with van der Waals surface area (Å²) in [6.07, 6.45) is 7.51. The van der Waals surface area contributed by atoms with Gasteiger partial charge in [0.1, 0.15) is 0 Å². The first-order valence-electron chi connectivity index (χ1n) is 13.2. The number of aliphatic hydroxyl groups excluding tert-OH is 1. The van der Waals surface area contributed by atoms with Gasteiger partial charge in [-0.3, -0.25) is 5.32 Å². The van der Waals surface area contributed by atoms with Crippen LogP contribution in [0.4, 0.5) is 0 Å². The van der Waals surface area contributed by atoms with E-state index >= 15 is 0 Å². The van der Waals surface area contributed by atoms with Crippen molar-refractivity contribution in [2.75, 3.05) is 13.2 Å². The molecule has 3 N–H and O–H groups in total. The molecule has 1 aromatic carbocycles. The Morgan fingerprint density at radius 3 is 2.15 bits per heavy atom. The van der Waals surface area contributed by atoms with E-state index in [1.807, 2.05) is 41.5 Å². The molecule has 33 heavy (non-hydrogen) atoms. The molecule has 188 valence electrons. The van der Waals surface area contributed by atoms with Crippen molar-refractivity contribution >= 4 is 0 Å². The molecule has 1 aliphatic heterocycles. The largest absolute Gasteiger partial charge is 0.396 e. The average molecular weight is 458 g/mol. The lowest BCUT2D eigenvalue weighted by molar-refractivity contribution is 0.212. The van der Waals surface area contributed by atoms with Gasteiger partial charge in [0.05, 0.1) is 5.70 Å². The van der Waals surface area contributed by atoms with Crippen LogP contribution in [0.25, 0.3) is 0 Å². The summed E-state index contributed by atoms with van der Waals surface area (Å²) in [6, 6.07) is 10.6. The van der Waals surface area contributed by atoms with E-state index in [-0.39, 0.29) is 6.29 Å². The molecule has 0 aromatic heterocycles. The Morgan fingerprint density at radius 2 is 1.52 bits per heavy atom. The van der Waals surface area contributed by atoms with E-state index in [2.05, 4.69) is 59.0 Å². The predicted octanol–water partition coefficient (Wildman–Crippen LogP) is 7.10. The molecule has 1 heterocycles. The normalized spacial score (nSPS) is 16.5. The number of hydrogen-bond donors (Lipinski definition) is 3. The molecule has 2 aliphatic rings. The van der Waals surface area contributed by atoms with Crippen molar-refractivity contribution in [1.82, 2.24) is 15.5 Å². The number of unbranched alkanes of at least 4 members (excludes halogenated alkanes) is 4. The summed E-state index contributed by atoms with van der Waals surface area (Å²) >= 11 is 0. The smallest absolute Gasteiger partial charge is 0.155 e. The maximum Gasteiger partial charge on any atom is 0.155 e. The number of allylic oxidation sites excluding steroid dienone is 2. The average Bonchev–Trinajstić information content (AvgIpc) is 3.20. The minimum absolute atomic E-state index is 0.107. The Hall–Kier alpha value is -2.04. The van der Waals surface area contributed by atoms with Gasteiger partial charge in [0.25, 0.3) is 0 Å². The number of benzene rings is 1. The topological polar surface area (TPSA) is 47.5 Å². The van der Waals surface area contributed by atoms with E-state index in [1.54, 1.807) is 0 Å². The van der Waals surface area contributed by atoms with E-state index in [0.717, 1.165) is 50.8 Å². The second-order valence-corrected chi connectivity index (χ2v) is 7.64. The molecular weight excluding hydrogens is 406 g/mol. The molecule has 3 rings (SSSR count). The van der Waals surface area contributed by atoms with Crippen LogP contribution in [0, 0.1) is 0 Å². The summed E-state index contributed by atoms with van der Waals surface area (Å²) in [5.41, 5.74) is 6.23. The summed E-state index contributed by atoms with van der Waals surface area (Å²) in [4.78, 5) is 2.42. The summed E-state index contributed by atoms with van der Waals surface area (Å²) < 4.78 is 0. The highest BCUT2D eigenvalue weighted by molar-refractivity contribution is 5.44. The number of rotatable bonds is 10. The van der Waals surface area contributed by atoms with Crippen LogP contribution in [0.1, 0.15) is 92.1 Å². The minimum Gasteiger partial charge on any atom is -0.396 e. The van der Waals surface area contributed by atoms with Crippen LogP contribution in [-0.4, -0.2) is 29.4 Å². The third-order valence-corrected chi connectivity index (χ3v) is 5.29. The molecule has 0 bridgehead atoms. The van der Waals surface area contributed by atoms with Crippen LogP contribution >= 0.6 is 0 Å². The highest BCUT2D eigenvalue weighted by atomic mass is 16.2. The molecule has 1 unspecified atom stereocenters. The lowest BCUT2D eigenvalue weighted by Gasteiger charge is -2.31. The highest BCUT2D eigenvalue weighted by Crippen LogP contribution is 2.37. The van der Waals surface area contributed by atoms with Crippen molar-refractivity contribution in [1.29, 1.82) is 0 Å². The van der Waals surface area contributed by atoms with Crippen LogP contribution in [-0.2, 0) is 6.54 Å². The van der Waals surface area contributed by atoms with E-state index in [0.29, 0.717) is 6.61 Å². The molecule has 1 atom stereocenters. The molecular formula is C29H51N3O. The molecule has 0 spiro atoms. The van der Waals surface area contributed by atoms with Crippen LogP contribution in [0.15, 0.2) is 66.0 Å². The fourth-order valence-electron chi connectivity index (χ4n) is 3.98. The number of nitrogens with one attached hydrogen (secondary N) is 2. The van der Waals surface area contributed by atoms with E-state index in [9.17, 15) is 0 Å². The molecule has 0 saturated carbocycles. The molecule has 1 aliphatic carbocycles. The Bertz CT molecular complexity index is 681. The van der Waals surface area contributed by atoms with E-state index < -0.39 is 0 Å². The quantitative estimate of drug-likeness (QED) is 0.259. The van der Waals surface area contributed by atoms with Crippen molar-refractivity contribution < 1.29 is 5.11 Å². The zero-order valence-corrected chi connectivity index (χ0v) is 22.3. The van der Waals surface area contributed by atoms with E-state index in [1.165, 1.54) is 35.4 Å². The third-order valence-electron chi connectivity index (χ3n) is 5.29. The molecule has 0 saturated heterocycles.